The minimum atomic E-state index is -0.560. The molecule has 2 atom stereocenters. The van der Waals surface area contributed by atoms with Crippen LogP contribution >= 0.6 is 11.3 Å². The zero-order valence-electron chi connectivity index (χ0n) is 12.1. The fourth-order valence-electron chi connectivity index (χ4n) is 2.90. The molecule has 3 heterocycles. The Kier molecular flexibility index (Phi) is 4.40. The molecule has 2 aromatic rings. The summed E-state index contributed by atoms with van der Waals surface area (Å²) in [4.78, 5) is 19.2. The third-order valence-electron chi connectivity index (χ3n) is 3.99. The van der Waals surface area contributed by atoms with Crippen LogP contribution in [-0.2, 0) is 0 Å². The molecule has 6 heteroatoms. The van der Waals surface area contributed by atoms with Gasteiger partial charge in [-0.3, -0.25) is 4.79 Å². The first-order valence-electron chi connectivity index (χ1n) is 7.33. The van der Waals surface area contributed by atoms with Crippen molar-refractivity contribution in [3.63, 3.8) is 0 Å². The number of carbonyl (C=O) groups is 1. The molecule has 0 spiro atoms. The molecule has 116 valence electrons. The van der Waals surface area contributed by atoms with Crippen molar-refractivity contribution >= 4 is 17.2 Å². The van der Waals surface area contributed by atoms with E-state index in [1.165, 1.54) is 23.6 Å². The highest BCUT2D eigenvalue weighted by Gasteiger charge is 2.33. The highest BCUT2D eigenvalue weighted by Crippen LogP contribution is 2.31. The zero-order chi connectivity index (χ0) is 15.5. The summed E-state index contributed by atoms with van der Waals surface area (Å²) in [5.41, 5.74) is 0.0833. The predicted octanol–water partition coefficient (Wildman–Crippen LogP) is 2.58. The summed E-state index contributed by atoms with van der Waals surface area (Å²) < 4.78 is 0. The summed E-state index contributed by atoms with van der Waals surface area (Å²) in [5, 5.41) is 22.0. The van der Waals surface area contributed by atoms with E-state index in [1.54, 1.807) is 11.0 Å². The van der Waals surface area contributed by atoms with Crippen molar-refractivity contribution in [2.24, 2.45) is 0 Å². The van der Waals surface area contributed by atoms with Crippen LogP contribution in [0.25, 0.3) is 0 Å². The molecule has 3 rings (SSSR count). The lowest BCUT2D eigenvalue weighted by Gasteiger charge is -2.26. The molecule has 1 fully saturated rings. The van der Waals surface area contributed by atoms with Gasteiger partial charge in [0.2, 0.25) is 0 Å². The number of aliphatic hydroxyl groups excluding tert-OH is 1. The second-order valence-electron chi connectivity index (χ2n) is 5.43. The Morgan fingerprint density at radius 3 is 3.05 bits per heavy atom. The standard InChI is InChI=1S/C16H18N2O3S/c19-12-5-1-7-17-15(12)16(21)18-8-2-4-11(18)10-13(20)14-6-3-9-22-14/h1,3,5-7,9,11,13,19-20H,2,4,8,10H2/t11-,13-/m1/s1. The van der Waals surface area contributed by atoms with E-state index in [1.807, 2.05) is 17.5 Å². The lowest BCUT2D eigenvalue weighted by atomic mass is 10.1. The number of likely N-dealkylation sites (tertiary alicyclic amines) is 1. The van der Waals surface area contributed by atoms with Crippen LogP contribution in [-0.4, -0.2) is 38.6 Å². The Morgan fingerprint density at radius 2 is 2.32 bits per heavy atom. The van der Waals surface area contributed by atoms with Crippen LogP contribution in [0.1, 0.15) is 40.7 Å². The van der Waals surface area contributed by atoms with Gasteiger partial charge in [-0.1, -0.05) is 6.07 Å². The number of pyridine rings is 1. The molecule has 1 aliphatic rings. The van der Waals surface area contributed by atoms with E-state index in [2.05, 4.69) is 4.98 Å². The first-order chi connectivity index (χ1) is 10.7. The first-order valence-corrected chi connectivity index (χ1v) is 8.21. The van der Waals surface area contributed by atoms with Crippen LogP contribution in [0.5, 0.6) is 5.75 Å². The minimum Gasteiger partial charge on any atom is -0.505 e. The van der Waals surface area contributed by atoms with E-state index >= 15 is 0 Å². The molecule has 0 aliphatic carbocycles. The number of hydrogen-bond acceptors (Lipinski definition) is 5. The number of hydrogen-bond donors (Lipinski definition) is 2. The van der Waals surface area contributed by atoms with Crippen molar-refractivity contribution in [2.75, 3.05) is 6.54 Å². The fourth-order valence-corrected chi connectivity index (χ4v) is 3.63. The van der Waals surface area contributed by atoms with Crippen molar-refractivity contribution in [3.8, 4) is 5.75 Å². The van der Waals surface area contributed by atoms with Gasteiger partial charge in [-0.25, -0.2) is 4.98 Å². The summed E-state index contributed by atoms with van der Waals surface area (Å²) in [6, 6.07) is 6.85. The highest BCUT2D eigenvalue weighted by molar-refractivity contribution is 7.10. The minimum absolute atomic E-state index is 0.0222. The number of nitrogens with zero attached hydrogens (tertiary/aromatic N) is 2. The molecule has 0 unspecified atom stereocenters. The molecule has 0 saturated carbocycles. The van der Waals surface area contributed by atoms with E-state index in [0.29, 0.717) is 13.0 Å². The number of thiophene rings is 1. The van der Waals surface area contributed by atoms with Crippen LogP contribution in [0.15, 0.2) is 35.8 Å². The third kappa shape index (κ3) is 2.98. The van der Waals surface area contributed by atoms with Crippen molar-refractivity contribution < 1.29 is 15.0 Å². The van der Waals surface area contributed by atoms with Gasteiger partial charge in [0.15, 0.2) is 5.69 Å². The maximum Gasteiger partial charge on any atom is 0.276 e. The van der Waals surface area contributed by atoms with E-state index in [4.69, 9.17) is 0 Å². The normalized spacial score (nSPS) is 19.3. The Labute approximate surface area is 132 Å². The maximum atomic E-state index is 12.6. The Bertz CT molecular complexity index is 645. The second kappa shape index (κ2) is 6.46. The predicted molar refractivity (Wildman–Crippen MR) is 83.9 cm³/mol. The largest absolute Gasteiger partial charge is 0.505 e. The lowest BCUT2D eigenvalue weighted by molar-refractivity contribution is 0.0661. The summed E-state index contributed by atoms with van der Waals surface area (Å²) in [7, 11) is 0. The molecular formula is C16H18N2O3S. The lowest BCUT2D eigenvalue weighted by Crippen LogP contribution is -2.36. The van der Waals surface area contributed by atoms with Gasteiger partial charge in [0, 0.05) is 23.7 Å². The van der Waals surface area contributed by atoms with Gasteiger partial charge in [0.25, 0.3) is 5.91 Å². The second-order valence-corrected chi connectivity index (χ2v) is 6.41. The number of carbonyl (C=O) groups excluding carboxylic acids is 1. The SMILES string of the molecule is O=C(c1ncccc1O)N1CCC[C@@H]1C[C@@H](O)c1cccs1. The Balaban J connectivity index is 1.73. The summed E-state index contributed by atoms with van der Waals surface area (Å²) in [6.07, 6.45) is 3.22. The Morgan fingerprint density at radius 1 is 1.45 bits per heavy atom. The van der Waals surface area contributed by atoms with Crippen LogP contribution in [0, 0.1) is 0 Å². The molecule has 0 radical (unpaired) electrons. The van der Waals surface area contributed by atoms with Gasteiger partial charge in [0.1, 0.15) is 5.75 Å². The monoisotopic (exact) mass is 318 g/mol. The average molecular weight is 318 g/mol. The van der Waals surface area contributed by atoms with Crippen molar-refractivity contribution in [1.29, 1.82) is 0 Å². The number of amides is 1. The molecule has 22 heavy (non-hydrogen) atoms. The molecule has 1 aliphatic heterocycles. The quantitative estimate of drug-likeness (QED) is 0.908. The van der Waals surface area contributed by atoms with Gasteiger partial charge in [0.05, 0.1) is 6.10 Å². The average Bonchev–Trinajstić information content (AvgIpc) is 3.18. The van der Waals surface area contributed by atoms with E-state index in [9.17, 15) is 15.0 Å². The van der Waals surface area contributed by atoms with Crippen molar-refractivity contribution in [3.05, 3.63) is 46.4 Å². The number of aromatic hydroxyl groups is 1. The number of rotatable bonds is 4. The zero-order valence-corrected chi connectivity index (χ0v) is 12.9. The van der Waals surface area contributed by atoms with Crippen molar-refractivity contribution in [2.45, 2.75) is 31.4 Å². The number of aromatic nitrogens is 1. The van der Waals surface area contributed by atoms with E-state index < -0.39 is 6.10 Å². The van der Waals surface area contributed by atoms with Gasteiger partial charge >= 0.3 is 0 Å². The van der Waals surface area contributed by atoms with Crippen molar-refractivity contribution in [1.82, 2.24) is 9.88 Å². The van der Waals surface area contributed by atoms with E-state index in [-0.39, 0.29) is 23.4 Å². The number of aliphatic hydroxyl groups is 1. The third-order valence-corrected chi connectivity index (χ3v) is 4.97. The summed E-state index contributed by atoms with van der Waals surface area (Å²) >= 11 is 1.52. The Hall–Kier alpha value is -1.92. The van der Waals surface area contributed by atoms with Gasteiger partial charge in [-0.2, -0.15) is 0 Å². The molecule has 0 aromatic carbocycles. The fraction of sp³-hybridized carbons (Fsp3) is 0.375. The van der Waals surface area contributed by atoms with Gasteiger partial charge in [-0.15, -0.1) is 11.3 Å². The van der Waals surface area contributed by atoms with Gasteiger partial charge in [-0.05, 0) is 42.8 Å². The topological polar surface area (TPSA) is 73.7 Å². The van der Waals surface area contributed by atoms with Crippen LogP contribution < -0.4 is 0 Å². The molecule has 5 nitrogen and oxygen atoms in total. The summed E-state index contributed by atoms with van der Waals surface area (Å²) in [6.45, 7) is 0.636. The van der Waals surface area contributed by atoms with Crippen LogP contribution in [0.3, 0.4) is 0 Å². The van der Waals surface area contributed by atoms with Gasteiger partial charge < -0.3 is 15.1 Å². The molecule has 0 bridgehead atoms. The van der Waals surface area contributed by atoms with Crippen LogP contribution in [0.2, 0.25) is 0 Å². The molecule has 1 saturated heterocycles. The smallest absolute Gasteiger partial charge is 0.276 e. The molecule has 1 amide bonds. The van der Waals surface area contributed by atoms with Crippen LogP contribution in [0.4, 0.5) is 0 Å². The van der Waals surface area contributed by atoms with E-state index in [0.717, 1.165) is 17.7 Å². The highest BCUT2D eigenvalue weighted by atomic mass is 32.1. The maximum absolute atomic E-state index is 12.6. The molecule has 2 N–H and O–H groups in total. The molecular weight excluding hydrogens is 300 g/mol. The summed E-state index contributed by atoms with van der Waals surface area (Å²) in [5.74, 6) is -0.365. The molecule has 2 aromatic heterocycles. The first kappa shape index (κ1) is 15.0.